The van der Waals surface area contributed by atoms with Crippen LogP contribution in [0.4, 0.5) is 4.79 Å². The average molecular weight is 364 g/mol. The summed E-state index contributed by atoms with van der Waals surface area (Å²) in [5.41, 5.74) is 6.07. The second-order valence-corrected chi connectivity index (χ2v) is 6.19. The molecule has 0 unspecified atom stereocenters. The van der Waals surface area contributed by atoms with Gasteiger partial charge in [0.2, 0.25) is 5.91 Å². The van der Waals surface area contributed by atoms with Crippen LogP contribution in [0.15, 0.2) is 24.3 Å². The summed E-state index contributed by atoms with van der Waals surface area (Å²) >= 11 is 0. The Labute approximate surface area is 151 Å². The van der Waals surface area contributed by atoms with E-state index in [-0.39, 0.29) is 19.0 Å². The summed E-state index contributed by atoms with van der Waals surface area (Å²) < 4.78 is 0. The second kappa shape index (κ2) is 10.0. The Morgan fingerprint density at radius 3 is 2.19 bits per heavy atom. The van der Waals surface area contributed by atoms with E-state index < -0.39 is 29.9 Å². The first kappa shape index (κ1) is 20.9. The number of carboxylic acids is 1. The van der Waals surface area contributed by atoms with E-state index in [1.54, 1.807) is 24.3 Å². The first-order valence-corrected chi connectivity index (χ1v) is 8.11. The molecule has 0 radical (unpaired) electrons. The molecule has 0 heterocycles. The molecule has 1 rings (SSSR count). The van der Waals surface area contributed by atoms with Gasteiger partial charge in [-0.25, -0.2) is 9.59 Å². The highest BCUT2D eigenvalue weighted by Gasteiger charge is 2.21. The molecule has 0 spiro atoms. The maximum atomic E-state index is 12.0. The number of nitrogens with two attached hydrogens (primary N) is 1. The lowest BCUT2D eigenvalue weighted by Crippen LogP contribution is -2.46. The Balaban J connectivity index is 2.50. The Morgan fingerprint density at radius 1 is 1.08 bits per heavy atom. The zero-order valence-corrected chi connectivity index (χ0v) is 14.7. The maximum absolute atomic E-state index is 12.0. The highest BCUT2D eigenvalue weighted by atomic mass is 16.4. The van der Waals surface area contributed by atoms with Crippen LogP contribution < -0.4 is 21.7 Å². The minimum atomic E-state index is -1.11. The zero-order valence-electron chi connectivity index (χ0n) is 14.7. The Hall–Kier alpha value is -3.10. The number of urea groups is 1. The van der Waals surface area contributed by atoms with E-state index in [1.807, 2.05) is 13.8 Å². The van der Waals surface area contributed by atoms with Crippen LogP contribution in [0.2, 0.25) is 0 Å². The number of hydrogen-bond acceptors (Lipinski definition) is 4. The van der Waals surface area contributed by atoms with Crippen molar-refractivity contribution in [2.45, 2.75) is 32.9 Å². The summed E-state index contributed by atoms with van der Waals surface area (Å²) in [6.45, 7) is 3.62. The summed E-state index contributed by atoms with van der Waals surface area (Å²) in [4.78, 5) is 45.6. The fourth-order valence-corrected chi connectivity index (χ4v) is 2.16. The standard InChI is InChI=1S/C17H24N4O5/c1-10(2)7-13(16(24)25)21-14(22)9-19-15(23)12-5-3-11(4-6-12)8-20-17(18)26/h3-6,10,13H,7-9H2,1-2H3,(H,19,23)(H,21,22)(H,24,25)(H3,18,20,26)/t13-/m0/s1. The third-order valence-electron chi connectivity index (χ3n) is 3.43. The maximum Gasteiger partial charge on any atom is 0.326 e. The first-order chi connectivity index (χ1) is 12.2. The van der Waals surface area contributed by atoms with Crippen LogP contribution in [-0.2, 0) is 16.1 Å². The van der Waals surface area contributed by atoms with E-state index in [9.17, 15) is 19.2 Å². The fourth-order valence-electron chi connectivity index (χ4n) is 2.16. The molecule has 1 aromatic carbocycles. The highest BCUT2D eigenvalue weighted by molar-refractivity contribution is 5.96. The molecule has 0 aliphatic heterocycles. The van der Waals surface area contributed by atoms with E-state index in [0.717, 1.165) is 5.56 Å². The molecule has 0 aliphatic rings. The predicted octanol–water partition coefficient (Wildman–Crippen LogP) is 0.200. The van der Waals surface area contributed by atoms with E-state index in [2.05, 4.69) is 16.0 Å². The van der Waals surface area contributed by atoms with Gasteiger partial charge in [-0.15, -0.1) is 0 Å². The number of amides is 4. The summed E-state index contributed by atoms with van der Waals surface area (Å²) in [5, 5.41) is 16.3. The first-order valence-electron chi connectivity index (χ1n) is 8.11. The van der Waals surface area contributed by atoms with Crippen LogP contribution in [0.25, 0.3) is 0 Å². The lowest BCUT2D eigenvalue weighted by atomic mass is 10.0. The van der Waals surface area contributed by atoms with Crippen molar-refractivity contribution in [3.05, 3.63) is 35.4 Å². The molecule has 4 amide bonds. The van der Waals surface area contributed by atoms with Gasteiger partial charge in [0.05, 0.1) is 6.54 Å². The van der Waals surface area contributed by atoms with Crippen molar-refractivity contribution in [2.75, 3.05) is 6.54 Å². The van der Waals surface area contributed by atoms with Crippen molar-refractivity contribution in [3.63, 3.8) is 0 Å². The largest absolute Gasteiger partial charge is 0.480 e. The van der Waals surface area contributed by atoms with Crippen molar-refractivity contribution in [1.82, 2.24) is 16.0 Å². The van der Waals surface area contributed by atoms with Crippen LogP contribution >= 0.6 is 0 Å². The number of carbonyl (C=O) groups is 4. The van der Waals surface area contributed by atoms with Crippen molar-refractivity contribution >= 4 is 23.8 Å². The lowest BCUT2D eigenvalue weighted by molar-refractivity contribution is -0.142. The molecular formula is C17H24N4O5. The van der Waals surface area contributed by atoms with Gasteiger partial charge in [-0.1, -0.05) is 26.0 Å². The molecule has 9 nitrogen and oxygen atoms in total. The number of carbonyl (C=O) groups excluding carboxylic acids is 3. The molecule has 142 valence electrons. The third kappa shape index (κ3) is 7.65. The van der Waals surface area contributed by atoms with Crippen molar-refractivity contribution in [1.29, 1.82) is 0 Å². The van der Waals surface area contributed by atoms with E-state index in [1.165, 1.54) is 0 Å². The van der Waals surface area contributed by atoms with Crippen LogP contribution in [-0.4, -0.2) is 41.5 Å². The Morgan fingerprint density at radius 2 is 1.69 bits per heavy atom. The minimum Gasteiger partial charge on any atom is -0.480 e. The molecule has 0 fully saturated rings. The number of primary amides is 1. The Kier molecular flexibility index (Phi) is 8.07. The molecule has 9 heteroatoms. The topological polar surface area (TPSA) is 151 Å². The fraction of sp³-hybridized carbons (Fsp3) is 0.412. The van der Waals surface area contributed by atoms with Crippen LogP contribution in [0.1, 0.15) is 36.2 Å². The van der Waals surface area contributed by atoms with E-state index in [0.29, 0.717) is 12.0 Å². The van der Waals surface area contributed by atoms with Crippen LogP contribution in [0.3, 0.4) is 0 Å². The van der Waals surface area contributed by atoms with Gasteiger partial charge >= 0.3 is 12.0 Å². The molecule has 0 saturated carbocycles. The number of rotatable bonds is 9. The number of carboxylic acid groups (broad SMARTS) is 1. The second-order valence-electron chi connectivity index (χ2n) is 6.19. The van der Waals surface area contributed by atoms with Gasteiger partial charge in [-0.05, 0) is 30.0 Å². The van der Waals surface area contributed by atoms with Gasteiger partial charge in [0.25, 0.3) is 5.91 Å². The number of nitrogens with one attached hydrogen (secondary N) is 3. The summed E-state index contributed by atoms with van der Waals surface area (Å²) in [6.07, 6.45) is 0.301. The highest BCUT2D eigenvalue weighted by Crippen LogP contribution is 2.05. The predicted molar refractivity (Wildman–Crippen MR) is 94.2 cm³/mol. The summed E-state index contributed by atoms with van der Waals surface area (Å²) in [6, 6.07) is 4.75. The third-order valence-corrected chi connectivity index (χ3v) is 3.43. The molecule has 0 bridgehead atoms. The van der Waals surface area contributed by atoms with Crippen molar-refractivity contribution in [2.24, 2.45) is 11.7 Å². The van der Waals surface area contributed by atoms with Gasteiger partial charge in [0.1, 0.15) is 6.04 Å². The number of aliphatic carboxylic acids is 1. The molecule has 0 aromatic heterocycles. The smallest absolute Gasteiger partial charge is 0.326 e. The Bertz CT molecular complexity index is 658. The van der Waals surface area contributed by atoms with Crippen molar-refractivity contribution < 1.29 is 24.3 Å². The molecule has 1 atom stereocenters. The van der Waals surface area contributed by atoms with E-state index >= 15 is 0 Å². The minimum absolute atomic E-state index is 0.105. The molecular weight excluding hydrogens is 340 g/mol. The van der Waals surface area contributed by atoms with Gasteiger partial charge in [-0.3, -0.25) is 9.59 Å². The van der Waals surface area contributed by atoms with Gasteiger partial charge in [0, 0.05) is 12.1 Å². The van der Waals surface area contributed by atoms with Crippen LogP contribution in [0.5, 0.6) is 0 Å². The average Bonchev–Trinajstić information content (AvgIpc) is 2.57. The van der Waals surface area contributed by atoms with Gasteiger partial charge in [-0.2, -0.15) is 0 Å². The molecule has 1 aromatic rings. The summed E-state index contributed by atoms with van der Waals surface area (Å²) in [7, 11) is 0. The normalized spacial score (nSPS) is 11.5. The zero-order chi connectivity index (χ0) is 19.7. The summed E-state index contributed by atoms with van der Waals surface area (Å²) in [5.74, 6) is -2.05. The van der Waals surface area contributed by atoms with Crippen LogP contribution in [0, 0.1) is 5.92 Å². The SMILES string of the molecule is CC(C)C[C@H](NC(=O)CNC(=O)c1ccc(CNC(N)=O)cc1)C(=O)O. The van der Waals surface area contributed by atoms with E-state index in [4.69, 9.17) is 10.8 Å². The number of benzene rings is 1. The molecule has 0 saturated heterocycles. The molecule has 26 heavy (non-hydrogen) atoms. The number of hydrogen-bond donors (Lipinski definition) is 5. The lowest BCUT2D eigenvalue weighted by Gasteiger charge is -2.16. The van der Waals surface area contributed by atoms with Gasteiger partial charge < -0.3 is 26.8 Å². The molecule has 6 N–H and O–H groups in total. The van der Waals surface area contributed by atoms with Gasteiger partial charge in [0.15, 0.2) is 0 Å². The quantitative estimate of drug-likeness (QED) is 0.424. The van der Waals surface area contributed by atoms with Crippen molar-refractivity contribution in [3.8, 4) is 0 Å². The monoisotopic (exact) mass is 364 g/mol. The molecule has 0 aliphatic carbocycles.